The first-order valence-corrected chi connectivity index (χ1v) is 6.77. The third kappa shape index (κ3) is 3.04. The Labute approximate surface area is 106 Å². The Morgan fingerprint density at radius 3 is 2.41 bits per heavy atom. The van der Waals surface area contributed by atoms with Crippen LogP contribution in [0.1, 0.15) is 31.5 Å². The first-order chi connectivity index (χ1) is 7.86. The highest BCUT2D eigenvalue weighted by Crippen LogP contribution is 2.25. The highest BCUT2D eigenvalue weighted by atomic mass is 32.1. The van der Waals surface area contributed by atoms with Gasteiger partial charge in [0.2, 0.25) is 0 Å². The summed E-state index contributed by atoms with van der Waals surface area (Å²) in [7, 11) is 0. The van der Waals surface area contributed by atoms with E-state index < -0.39 is 12.2 Å². The minimum absolute atomic E-state index is 0.0821. The molecule has 96 valence electrons. The van der Waals surface area contributed by atoms with E-state index in [0.717, 1.165) is 17.2 Å². The van der Waals surface area contributed by atoms with Gasteiger partial charge in [0.25, 0.3) is 0 Å². The van der Waals surface area contributed by atoms with Crippen molar-refractivity contribution in [2.45, 2.75) is 44.9 Å². The van der Waals surface area contributed by atoms with Gasteiger partial charge in [-0.3, -0.25) is 4.90 Å². The summed E-state index contributed by atoms with van der Waals surface area (Å²) in [6.45, 7) is 8.23. The second kappa shape index (κ2) is 4.65. The van der Waals surface area contributed by atoms with E-state index in [1.165, 1.54) is 0 Å². The molecule has 17 heavy (non-hydrogen) atoms. The van der Waals surface area contributed by atoms with Crippen LogP contribution < -0.4 is 0 Å². The molecule has 5 heteroatoms. The molecular formula is C12H20N2O2S. The van der Waals surface area contributed by atoms with Crippen LogP contribution in [0.5, 0.6) is 0 Å². The molecule has 1 aromatic heterocycles. The molecule has 2 unspecified atom stereocenters. The van der Waals surface area contributed by atoms with Crippen molar-refractivity contribution in [3.8, 4) is 0 Å². The van der Waals surface area contributed by atoms with Gasteiger partial charge in [-0.1, -0.05) is 20.8 Å². The Balaban J connectivity index is 1.98. The van der Waals surface area contributed by atoms with E-state index in [9.17, 15) is 10.2 Å². The molecule has 0 aliphatic carbocycles. The van der Waals surface area contributed by atoms with Gasteiger partial charge < -0.3 is 10.2 Å². The molecule has 0 spiro atoms. The second-order valence-corrected chi connectivity index (χ2v) is 6.65. The minimum Gasteiger partial charge on any atom is -0.389 e. The topological polar surface area (TPSA) is 56.6 Å². The number of β-amino-alcohol motifs (C(OH)–C–C–N with tert-alkyl or cyclic N) is 2. The van der Waals surface area contributed by atoms with E-state index in [-0.39, 0.29) is 5.41 Å². The molecule has 1 fully saturated rings. The Morgan fingerprint density at radius 1 is 1.35 bits per heavy atom. The Hall–Kier alpha value is -0.490. The lowest BCUT2D eigenvalue weighted by molar-refractivity contribution is 0.0572. The predicted molar refractivity (Wildman–Crippen MR) is 68.1 cm³/mol. The van der Waals surface area contributed by atoms with Crippen LogP contribution in [-0.2, 0) is 12.0 Å². The summed E-state index contributed by atoms with van der Waals surface area (Å²) in [6, 6.07) is 0. The van der Waals surface area contributed by atoms with Crippen LogP contribution in [0, 0.1) is 0 Å². The Kier molecular flexibility index (Phi) is 3.54. The third-order valence-electron chi connectivity index (χ3n) is 3.01. The number of nitrogens with zero attached hydrogens (tertiary/aromatic N) is 2. The fourth-order valence-corrected chi connectivity index (χ4v) is 2.96. The second-order valence-electron chi connectivity index (χ2n) is 5.71. The fourth-order valence-electron chi connectivity index (χ4n) is 1.90. The molecule has 2 atom stereocenters. The number of rotatable bonds is 2. The number of aromatic nitrogens is 1. The van der Waals surface area contributed by atoms with E-state index in [1.54, 1.807) is 11.3 Å². The molecule has 4 nitrogen and oxygen atoms in total. The van der Waals surface area contributed by atoms with Gasteiger partial charge in [0.15, 0.2) is 0 Å². The van der Waals surface area contributed by atoms with Gasteiger partial charge in [0, 0.05) is 23.9 Å². The molecule has 0 radical (unpaired) electrons. The molecule has 1 aromatic rings. The average molecular weight is 256 g/mol. The quantitative estimate of drug-likeness (QED) is 0.828. The molecule has 2 rings (SSSR count). The van der Waals surface area contributed by atoms with Crippen molar-refractivity contribution in [3.05, 3.63) is 16.1 Å². The average Bonchev–Trinajstić information content (AvgIpc) is 2.75. The van der Waals surface area contributed by atoms with Crippen molar-refractivity contribution in [1.82, 2.24) is 9.88 Å². The lowest BCUT2D eigenvalue weighted by Crippen LogP contribution is -2.22. The molecular weight excluding hydrogens is 236 g/mol. The number of thiazole rings is 1. The van der Waals surface area contributed by atoms with Gasteiger partial charge in [-0.25, -0.2) is 4.98 Å². The van der Waals surface area contributed by atoms with Crippen molar-refractivity contribution in [2.75, 3.05) is 13.1 Å². The number of likely N-dealkylation sites (tertiary alicyclic amines) is 1. The van der Waals surface area contributed by atoms with Gasteiger partial charge in [0.05, 0.1) is 24.4 Å². The first kappa shape index (κ1) is 13.0. The lowest BCUT2D eigenvalue weighted by Gasteiger charge is -2.15. The van der Waals surface area contributed by atoms with Crippen LogP contribution in [-0.4, -0.2) is 45.4 Å². The fraction of sp³-hybridized carbons (Fsp3) is 0.750. The van der Waals surface area contributed by atoms with Crippen molar-refractivity contribution < 1.29 is 10.2 Å². The Morgan fingerprint density at radius 2 is 1.94 bits per heavy atom. The van der Waals surface area contributed by atoms with Crippen molar-refractivity contribution in [2.24, 2.45) is 0 Å². The monoisotopic (exact) mass is 256 g/mol. The maximum Gasteiger partial charge on any atom is 0.107 e. The largest absolute Gasteiger partial charge is 0.389 e. The summed E-state index contributed by atoms with van der Waals surface area (Å²) < 4.78 is 0. The minimum atomic E-state index is -0.614. The molecule has 1 aliphatic rings. The zero-order valence-electron chi connectivity index (χ0n) is 10.6. The molecule has 0 saturated carbocycles. The van der Waals surface area contributed by atoms with Gasteiger partial charge in [-0.2, -0.15) is 0 Å². The predicted octanol–water partition coefficient (Wildman–Crippen LogP) is 0.978. The molecule has 1 aliphatic heterocycles. The van der Waals surface area contributed by atoms with Crippen LogP contribution in [0.2, 0.25) is 0 Å². The number of aliphatic hydroxyl groups is 2. The summed E-state index contributed by atoms with van der Waals surface area (Å²) in [6.07, 6.45) is -1.23. The summed E-state index contributed by atoms with van der Waals surface area (Å²) in [5, 5.41) is 22.1. The Bertz CT molecular complexity index is 376. The van der Waals surface area contributed by atoms with Crippen molar-refractivity contribution in [3.63, 3.8) is 0 Å². The normalized spacial score (nSPS) is 26.6. The number of hydrogen-bond donors (Lipinski definition) is 2. The van der Waals surface area contributed by atoms with Gasteiger partial charge >= 0.3 is 0 Å². The third-order valence-corrected chi connectivity index (χ3v) is 3.85. The van der Waals surface area contributed by atoms with E-state index in [4.69, 9.17) is 0 Å². The summed E-state index contributed by atoms with van der Waals surface area (Å²) >= 11 is 1.65. The van der Waals surface area contributed by atoms with Gasteiger partial charge in [0.1, 0.15) is 5.01 Å². The summed E-state index contributed by atoms with van der Waals surface area (Å²) in [5.41, 5.74) is 1.19. The van der Waals surface area contributed by atoms with Crippen molar-refractivity contribution in [1.29, 1.82) is 0 Å². The van der Waals surface area contributed by atoms with Crippen LogP contribution in [0.25, 0.3) is 0 Å². The van der Waals surface area contributed by atoms with Crippen LogP contribution in [0.4, 0.5) is 0 Å². The molecule has 0 bridgehead atoms. The zero-order chi connectivity index (χ0) is 12.6. The first-order valence-electron chi connectivity index (χ1n) is 5.89. The maximum absolute atomic E-state index is 9.47. The smallest absolute Gasteiger partial charge is 0.107 e. The SMILES string of the molecule is CC(C)(C)c1csc(CN2CC(O)C(O)C2)n1. The van der Waals surface area contributed by atoms with Gasteiger partial charge in [-0.15, -0.1) is 11.3 Å². The highest BCUT2D eigenvalue weighted by molar-refractivity contribution is 7.09. The molecule has 0 aromatic carbocycles. The standard InChI is InChI=1S/C12H20N2O2S/c1-12(2,3)10-7-17-11(13-10)6-14-4-8(15)9(16)5-14/h7-9,15-16H,4-6H2,1-3H3. The van der Waals surface area contributed by atoms with Crippen molar-refractivity contribution >= 4 is 11.3 Å². The molecule has 1 saturated heterocycles. The van der Waals surface area contributed by atoms with Gasteiger partial charge in [-0.05, 0) is 0 Å². The van der Waals surface area contributed by atoms with Crippen LogP contribution >= 0.6 is 11.3 Å². The van der Waals surface area contributed by atoms with E-state index in [0.29, 0.717) is 13.1 Å². The van der Waals surface area contributed by atoms with E-state index in [2.05, 4.69) is 31.1 Å². The number of hydrogen-bond acceptors (Lipinski definition) is 5. The highest BCUT2D eigenvalue weighted by Gasteiger charge is 2.30. The van der Waals surface area contributed by atoms with Crippen LogP contribution in [0.15, 0.2) is 5.38 Å². The number of aliphatic hydroxyl groups excluding tert-OH is 2. The van der Waals surface area contributed by atoms with Crippen LogP contribution in [0.3, 0.4) is 0 Å². The van der Waals surface area contributed by atoms with E-state index >= 15 is 0 Å². The lowest BCUT2D eigenvalue weighted by atomic mass is 9.93. The molecule has 0 amide bonds. The summed E-state index contributed by atoms with van der Waals surface area (Å²) in [4.78, 5) is 6.65. The zero-order valence-corrected chi connectivity index (χ0v) is 11.4. The summed E-state index contributed by atoms with van der Waals surface area (Å²) in [5.74, 6) is 0. The molecule has 2 heterocycles. The van der Waals surface area contributed by atoms with E-state index in [1.807, 2.05) is 4.90 Å². The maximum atomic E-state index is 9.47. The molecule has 2 N–H and O–H groups in total.